The van der Waals surface area contributed by atoms with Crippen molar-refractivity contribution in [3.8, 4) is 5.75 Å². The van der Waals surface area contributed by atoms with E-state index in [9.17, 15) is 17.6 Å². The van der Waals surface area contributed by atoms with Gasteiger partial charge in [0.05, 0.1) is 0 Å². The molecule has 0 heterocycles. The maximum atomic E-state index is 13.1. The van der Waals surface area contributed by atoms with Gasteiger partial charge in [-0.3, -0.25) is 0 Å². The second kappa shape index (κ2) is 4.06. The van der Waals surface area contributed by atoms with Crippen LogP contribution in [0.15, 0.2) is 18.2 Å². The second-order valence-electron chi connectivity index (χ2n) is 2.99. The summed E-state index contributed by atoms with van der Waals surface area (Å²) in [5.74, 6) is -1.41. The van der Waals surface area contributed by atoms with E-state index in [0.29, 0.717) is 0 Å². The van der Waals surface area contributed by atoms with E-state index in [1.165, 1.54) is 6.92 Å². The summed E-state index contributed by atoms with van der Waals surface area (Å²) >= 11 is 0. The van der Waals surface area contributed by atoms with Crippen LogP contribution in [-0.2, 0) is 0 Å². The molecule has 15 heavy (non-hydrogen) atoms. The van der Waals surface area contributed by atoms with Crippen molar-refractivity contribution >= 4 is 0 Å². The Kier molecular flexibility index (Phi) is 3.18. The van der Waals surface area contributed by atoms with Crippen molar-refractivity contribution in [2.75, 3.05) is 0 Å². The van der Waals surface area contributed by atoms with Gasteiger partial charge >= 0.3 is 6.36 Å². The van der Waals surface area contributed by atoms with Crippen LogP contribution in [0.5, 0.6) is 5.75 Å². The molecule has 2 N–H and O–H groups in total. The van der Waals surface area contributed by atoms with Crippen LogP contribution in [0.25, 0.3) is 0 Å². The molecule has 0 radical (unpaired) electrons. The van der Waals surface area contributed by atoms with E-state index >= 15 is 0 Å². The molecule has 1 unspecified atom stereocenters. The molecule has 0 saturated carbocycles. The summed E-state index contributed by atoms with van der Waals surface area (Å²) in [6.45, 7) is 1.38. The number of halogens is 4. The molecule has 0 fully saturated rings. The summed E-state index contributed by atoms with van der Waals surface area (Å²) in [6.07, 6.45) is -4.85. The SMILES string of the molecule is CC(N)c1c(F)cccc1OC(F)(F)F. The van der Waals surface area contributed by atoms with Crippen molar-refractivity contribution in [3.63, 3.8) is 0 Å². The molecule has 0 spiro atoms. The summed E-state index contributed by atoms with van der Waals surface area (Å²) < 4.78 is 52.6. The van der Waals surface area contributed by atoms with E-state index in [1.54, 1.807) is 0 Å². The van der Waals surface area contributed by atoms with Gasteiger partial charge in [-0.15, -0.1) is 13.2 Å². The maximum absolute atomic E-state index is 13.1. The summed E-state index contributed by atoms with van der Waals surface area (Å²) in [4.78, 5) is 0. The summed E-state index contributed by atoms with van der Waals surface area (Å²) in [5.41, 5.74) is 5.06. The predicted octanol–water partition coefficient (Wildman–Crippen LogP) is 2.74. The van der Waals surface area contributed by atoms with Crippen LogP contribution < -0.4 is 10.5 Å². The quantitative estimate of drug-likeness (QED) is 0.782. The van der Waals surface area contributed by atoms with Crippen molar-refractivity contribution in [2.45, 2.75) is 19.3 Å². The average Bonchev–Trinajstić information content (AvgIpc) is 1.99. The first-order chi connectivity index (χ1) is 6.81. The Hall–Kier alpha value is -1.30. The normalized spacial score (nSPS) is 13.7. The van der Waals surface area contributed by atoms with Gasteiger partial charge in [0.25, 0.3) is 0 Å². The Labute approximate surface area is 83.6 Å². The predicted molar refractivity (Wildman–Crippen MR) is 45.7 cm³/mol. The zero-order chi connectivity index (χ0) is 11.6. The second-order valence-corrected chi connectivity index (χ2v) is 2.99. The van der Waals surface area contributed by atoms with Gasteiger partial charge in [0, 0.05) is 11.6 Å². The first-order valence-corrected chi connectivity index (χ1v) is 4.11. The van der Waals surface area contributed by atoms with E-state index in [1.807, 2.05) is 0 Å². The zero-order valence-corrected chi connectivity index (χ0v) is 7.81. The van der Waals surface area contributed by atoms with E-state index in [2.05, 4.69) is 4.74 Å². The third-order valence-corrected chi connectivity index (χ3v) is 1.69. The van der Waals surface area contributed by atoms with Crippen LogP contribution in [0.3, 0.4) is 0 Å². The third-order valence-electron chi connectivity index (χ3n) is 1.69. The fourth-order valence-corrected chi connectivity index (χ4v) is 1.17. The van der Waals surface area contributed by atoms with Crippen LogP contribution in [0.2, 0.25) is 0 Å². The zero-order valence-electron chi connectivity index (χ0n) is 7.81. The van der Waals surface area contributed by atoms with Gasteiger partial charge in [-0.1, -0.05) is 6.07 Å². The van der Waals surface area contributed by atoms with E-state index in [0.717, 1.165) is 18.2 Å². The van der Waals surface area contributed by atoms with Crippen molar-refractivity contribution in [2.24, 2.45) is 5.73 Å². The van der Waals surface area contributed by atoms with Crippen LogP contribution in [0, 0.1) is 5.82 Å². The number of alkyl halides is 3. The fraction of sp³-hybridized carbons (Fsp3) is 0.333. The lowest BCUT2D eigenvalue weighted by Gasteiger charge is -2.15. The summed E-state index contributed by atoms with van der Waals surface area (Å²) in [7, 11) is 0. The average molecular weight is 223 g/mol. The van der Waals surface area contributed by atoms with Gasteiger partial charge in [-0.25, -0.2) is 4.39 Å². The molecule has 0 aliphatic carbocycles. The highest BCUT2D eigenvalue weighted by molar-refractivity contribution is 5.36. The maximum Gasteiger partial charge on any atom is 0.573 e. The molecule has 0 saturated heterocycles. The Morgan fingerprint density at radius 3 is 2.40 bits per heavy atom. The Morgan fingerprint density at radius 2 is 1.93 bits per heavy atom. The number of hydrogen-bond donors (Lipinski definition) is 1. The number of nitrogens with two attached hydrogens (primary N) is 1. The van der Waals surface area contributed by atoms with Crippen molar-refractivity contribution in [1.29, 1.82) is 0 Å². The topological polar surface area (TPSA) is 35.2 Å². The van der Waals surface area contributed by atoms with Gasteiger partial charge in [0.2, 0.25) is 0 Å². The van der Waals surface area contributed by atoms with Gasteiger partial charge in [-0.2, -0.15) is 0 Å². The molecule has 0 amide bonds. The molecule has 1 rings (SSSR count). The summed E-state index contributed by atoms with van der Waals surface area (Å²) in [5, 5.41) is 0. The largest absolute Gasteiger partial charge is 0.573 e. The highest BCUT2D eigenvalue weighted by Gasteiger charge is 2.33. The molecule has 2 nitrogen and oxygen atoms in total. The molecule has 1 aromatic rings. The third kappa shape index (κ3) is 3.09. The van der Waals surface area contributed by atoms with E-state index < -0.39 is 24.0 Å². The number of ether oxygens (including phenoxy) is 1. The first-order valence-electron chi connectivity index (χ1n) is 4.11. The molecule has 0 aliphatic heterocycles. The van der Waals surface area contributed by atoms with Gasteiger partial charge in [0.1, 0.15) is 11.6 Å². The van der Waals surface area contributed by atoms with Gasteiger partial charge in [-0.05, 0) is 19.1 Å². The monoisotopic (exact) mass is 223 g/mol. The number of benzene rings is 1. The van der Waals surface area contributed by atoms with Crippen LogP contribution in [0.1, 0.15) is 18.5 Å². The standard InChI is InChI=1S/C9H9F4NO/c1-5(14)8-6(10)3-2-4-7(8)15-9(11,12)13/h2-5H,14H2,1H3. The highest BCUT2D eigenvalue weighted by Crippen LogP contribution is 2.31. The van der Waals surface area contributed by atoms with Gasteiger partial charge < -0.3 is 10.5 Å². The smallest absolute Gasteiger partial charge is 0.405 e. The van der Waals surface area contributed by atoms with Crippen molar-refractivity contribution in [1.82, 2.24) is 0 Å². The number of hydrogen-bond acceptors (Lipinski definition) is 2. The van der Waals surface area contributed by atoms with Crippen LogP contribution >= 0.6 is 0 Å². The lowest BCUT2D eigenvalue weighted by atomic mass is 10.1. The Morgan fingerprint density at radius 1 is 1.33 bits per heavy atom. The minimum Gasteiger partial charge on any atom is -0.405 e. The summed E-state index contributed by atoms with van der Waals surface area (Å²) in [6, 6.07) is 2.31. The molecule has 0 bridgehead atoms. The highest BCUT2D eigenvalue weighted by atomic mass is 19.4. The minimum atomic E-state index is -4.85. The molecule has 0 aliphatic rings. The van der Waals surface area contributed by atoms with E-state index in [4.69, 9.17) is 5.73 Å². The number of rotatable bonds is 2. The first kappa shape index (κ1) is 11.8. The molecule has 6 heteroatoms. The fourth-order valence-electron chi connectivity index (χ4n) is 1.17. The lowest BCUT2D eigenvalue weighted by Crippen LogP contribution is -2.20. The van der Waals surface area contributed by atoms with E-state index in [-0.39, 0.29) is 5.56 Å². The minimum absolute atomic E-state index is 0.283. The Bertz CT molecular complexity index is 348. The molecular formula is C9H9F4NO. The van der Waals surface area contributed by atoms with Crippen molar-refractivity contribution in [3.05, 3.63) is 29.6 Å². The molecular weight excluding hydrogens is 214 g/mol. The molecule has 1 aromatic carbocycles. The molecule has 1 atom stereocenters. The van der Waals surface area contributed by atoms with Crippen LogP contribution in [-0.4, -0.2) is 6.36 Å². The van der Waals surface area contributed by atoms with Gasteiger partial charge in [0.15, 0.2) is 0 Å². The van der Waals surface area contributed by atoms with Crippen LogP contribution in [0.4, 0.5) is 17.6 Å². The van der Waals surface area contributed by atoms with Crippen molar-refractivity contribution < 1.29 is 22.3 Å². The molecule has 84 valence electrons. The Balaban J connectivity index is 3.12. The lowest BCUT2D eigenvalue weighted by molar-refractivity contribution is -0.275. The molecule has 0 aromatic heterocycles.